The fourth-order valence-corrected chi connectivity index (χ4v) is 2.48. The molecule has 1 heterocycles. The molecule has 1 aliphatic rings. The molecule has 1 fully saturated rings. The van der Waals surface area contributed by atoms with Crippen LogP contribution in [0.4, 0.5) is 10.1 Å². The molecular formula is C17H22FNO5. The van der Waals surface area contributed by atoms with E-state index in [1.165, 1.54) is 23.1 Å². The molecule has 0 spiro atoms. The Balaban J connectivity index is 2.19. The number of anilines is 1. The second-order valence-electron chi connectivity index (χ2n) is 6.69. The predicted molar refractivity (Wildman–Crippen MR) is 85.1 cm³/mol. The van der Waals surface area contributed by atoms with Crippen LogP contribution in [0.2, 0.25) is 0 Å². The van der Waals surface area contributed by atoms with Gasteiger partial charge in [0.25, 0.3) is 5.91 Å². The first-order valence-electron chi connectivity index (χ1n) is 7.70. The maximum absolute atomic E-state index is 13.3. The van der Waals surface area contributed by atoms with Crippen LogP contribution in [0.25, 0.3) is 0 Å². The van der Waals surface area contributed by atoms with Gasteiger partial charge in [-0.2, -0.15) is 0 Å². The van der Waals surface area contributed by atoms with E-state index >= 15 is 0 Å². The first-order chi connectivity index (χ1) is 11.1. The highest BCUT2D eigenvalue weighted by Crippen LogP contribution is 2.25. The first-order valence-corrected chi connectivity index (χ1v) is 7.70. The van der Waals surface area contributed by atoms with E-state index in [2.05, 4.69) is 0 Å². The Morgan fingerprint density at radius 3 is 2.71 bits per heavy atom. The van der Waals surface area contributed by atoms with E-state index in [-0.39, 0.29) is 13.2 Å². The normalized spacial score (nSPS) is 20.0. The molecule has 2 rings (SSSR count). The van der Waals surface area contributed by atoms with Gasteiger partial charge in [0.05, 0.1) is 6.61 Å². The van der Waals surface area contributed by atoms with Crippen molar-refractivity contribution in [2.24, 2.45) is 0 Å². The SMILES string of the molecule is Cc1cc(F)ccc1N1CCO[C@H]([C@@H](O)C(=O)OC(C)(C)C)C1=O. The fraction of sp³-hybridized carbons (Fsp3) is 0.529. The monoisotopic (exact) mass is 339 g/mol. The molecule has 0 aliphatic carbocycles. The van der Waals surface area contributed by atoms with Gasteiger partial charge in [-0.05, 0) is 51.5 Å². The van der Waals surface area contributed by atoms with E-state index in [4.69, 9.17) is 9.47 Å². The van der Waals surface area contributed by atoms with Crippen LogP contribution in [0.5, 0.6) is 0 Å². The Bertz CT molecular complexity index is 640. The number of amides is 1. The minimum atomic E-state index is -1.72. The van der Waals surface area contributed by atoms with Crippen molar-refractivity contribution in [3.8, 4) is 0 Å². The van der Waals surface area contributed by atoms with E-state index in [9.17, 15) is 19.1 Å². The van der Waals surface area contributed by atoms with Crippen molar-refractivity contribution in [1.82, 2.24) is 0 Å². The standard InChI is InChI=1S/C17H22FNO5/c1-10-9-11(18)5-6-12(10)19-7-8-23-14(15(19)21)13(20)16(22)24-17(2,3)4/h5-6,9,13-14,20H,7-8H2,1-4H3/t13-,14-/m1/s1. The van der Waals surface area contributed by atoms with Crippen LogP contribution < -0.4 is 4.90 Å². The molecule has 0 saturated carbocycles. The molecule has 1 aliphatic heterocycles. The zero-order valence-electron chi connectivity index (χ0n) is 14.2. The molecule has 1 N–H and O–H groups in total. The van der Waals surface area contributed by atoms with Crippen LogP contribution in [-0.2, 0) is 19.1 Å². The van der Waals surface area contributed by atoms with Crippen molar-refractivity contribution in [2.75, 3.05) is 18.1 Å². The van der Waals surface area contributed by atoms with Gasteiger partial charge in [0.2, 0.25) is 0 Å². The summed E-state index contributed by atoms with van der Waals surface area (Å²) in [5.74, 6) is -1.88. The average molecular weight is 339 g/mol. The van der Waals surface area contributed by atoms with Crippen LogP contribution in [0.3, 0.4) is 0 Å². The summed E-state index contributed by atoms with van der Waals surface area (Å²) in [5, 5.41) is 10.1. The number of carbonyl (C=O) groups is 2. The summed E-state index contributed by atoms with van der Waals surface area (Å²) in [6, 6.07) is 4.06. The number of ether oxygens (including phenoxy) is 2. The van der Waals surface area contributed by atoms with Crippen molar-refractivity contribution < 1.29 is 28.6 Å². The summed E-state index contributed by atoms with van der Waals surface area (Å²) in [5.41, 5.74) is 0.310. The minimum absolute atomic E-state index is 0.146. The summed E-state index contributed by atoms with van der Waals surface area (Å²) < 4.78 is 23.6. The Hall–Kier alpha value is -1.99. The number of rotatable bonds is 3. The van der Waals surface area contributed by atoms with Gasteiger partial charge in [0, 0.05) is 12.2 Å². The summed E-state index contributed by atoms with van der Waals surface area (Å²) in [6.07, 6.45) is -3.07. The van der Waals surface area contributed by atoms with Gasteiger partial charge in [0.1, 0.15) is 11.4 Å². The zero-order chi connectivity index (χ0) is 18.1. The van der Waals surface area contributed by atoms with Crippen molar-refractivity contribution in [3.05, 3.63) is 29.6 Å². The summed E-state index contributed by atoms with van der Waals surface area (Å²) >= 11 is 0. The van der Waals surface area contributed by atoms with Gasteiger partial charge in [-0.25, -0.2) is 9.18 Å². The van der Waals surface area contributed by atoms with Crippen LogP contribution in [0.1, 0.15) is 26.3 Å². The lowest BCUT2D eigenvalue weighted by Crippen LogP contribution is -2.55. The second-order valence-corrected chi connectivity index (χ2v) is 6.69. The third-order valence-electron chi connectivity index (χ3n) is 3.51. The van der Waals surface area contributed by atoms with Gasteiger partial charge in [0.15, 0.2) is 12.2 Å². The van der Waals surface area contributed by atoms with Gasteiger partial charge in [-0.3, -0.25) is 4.79 Å². The molecule has 1 aromatic rings. The number of hydrogen-bond acceptors (Lipinski definition) is 5. The highest BCUT2D eigenvalue weighted by atomic mass is 19.1. The third kappa shape index (κ3) is 4.10. The zero-order valence-corrected chi connectivity index (χ0v) is 14.2. The molecule has 132 valence electrons. The molecule has 0 unspecified atom stereocenters. The number of aliphatic hydroxyl groups excluding tert-OH is 1. The number of aliphatic hydroxyl groups is 1. The molecule has 1 saturated heterocycles. The van der Waals surface area contributed by atoms with E-state index in [0.29, 0.717) is 11.3 Å². The van der Waals surface area contributed by atoms with Gasteiger partial charge >= 0.3 is 5.97 Å². The van der Waals surface area contributed by atoms with Crippen LogP contribution in [0, 0.1) is 12.7 Å². The topological polar surface area (TPSA) is 76.1 Å². The van der Waals surface area contributed by atoms with Crippen LogP contribution in [-0.4, -0.2) is 47.9 Å². The lowest BCUT2D eigenvalue weighted by Gasteiger charge is -2.35. The van der Waals surface area contributed by atoms with Crippen molar-refractivity contribution in [2.45, 2.75) is 45.5 Å². The Kier molecular flexibility index (Phi) is 5.25. The average Bonchev–Trinajstić information content (AvgIpc) is 2.46. The van der Waals surface area contributed by atoms with Gasteiger partial charge in [-0.15, -0.1) is 0 Å². The molecule has 6 nitrogen and oxygen atoms in total. The maximum atomic E-state index is 13.3. The molecule has 2 atom stereocenters. The van der Waals surface area contributed by atoms with Gasteiger partial charge in [-0.1, -0.05) is 0 Å². The lowest BCUT2D eigenvalue weighted by atomic mass is 10.1. The molecular weight excluding hydrogens is 317 g/mol. The number of halogens is 1. The number of hydrogen-bond donors (Lipinski definition) is 1. The smallest absolute Gasteiger partial charge is 0.338 e. The fourth-order valence-electron chi connectivity index (χ4n) is 2.48. The molecule has 7 heteroatoms. The first kappa shape index (κ1) is 18.4. The number of morpholine rings is 1. The second kappa shape index (κ2) is 6.86. The van der Waals surface area contributed by atoms with E-state index < -0.39 is 35.5 Å². The van der Waals surface area contributed by atoms with Crippen molar-refractivity contribution in [1.29, 1.82) is 0 Å². The van der Waals surface area contributed by atoms with E-state index in [1.807, 2.05) is 0 Å². The van der Waals surface area contributed by atoms with Crippen LogP contribution >= 0.6 is 0 Å². The highest BCUT2D eigenvalue weighted by Gasteiger charge is 2.41. The Morgan fingerprint density at radius 1 is 1.46 bits per heavy atom. The molecule has 1 aromatic carbocycles. The number of nitrogens with zero attached hydrogens (tertiary/aromatic N) is 1. The Morgan fingerprint density at radius 2 is 2.12 bits per heavy atom. The number of esters is 1. The van der Waals surface area contributed by atoms with Crippen molar-refractivity contribution in [3.63, 3.8) is 0 Å². The van der Waals surface area contributed by atoms with Crippen molar-refractivity contribution >= 4 is 17.6 Å². The van der Waals surface area contributed by atoms with Gasteiger partial charge < -0.3 is 19.5 Å². The minimum Gasteiger partial charge on any atom is -0.458 e. The largest absolute Gasteiger partial charge is 0.458 e. The third-order valence-corrected chi connectivity index (χ3v) is 3.51. The molecule has 0 radical (unpaired) electrons. The molecule has 1 amide bonds. The number of benzene rings is 1. The summed E-state index contributed by atoms with van der Waals surface area (Å²) in [6.45, 7) is 7.07. The van der Waals surface area contributed by atoms with E-state index in [0.717, 1.165) is 0 Å². The number of aryl methyl sites for hydroxylation is 1. The summed E-state index contributed by atoms with van der Waals surface area (Å²) in [7, 11) is 0. The molecule has 0 aromatic heterocycles. The maximum Gasteiger partial charge on any atom is 0.338 e. The van der Waals surface area contributed by atoms with E-state index in [1.54, 1.807) is 27.7 Å². The molecule has 0 bridgehead atoms. The summed E-state index contributed by atoms with van der Waals surface area (Å²) in [4.78, 5) is 26.0. The Labute approximate surface area is 140 Å². The van der Waals surface area contributed by atoms with Crippen LogP contribution in [0.15, 0.2) is 18.2 Å². The molecule has 24 heavy (non-hydrogen) atoms. The lowest BCUT2D eigenvalue weighted by molar-refractivity contribution is -0.177. The highest BCUT2D eigenvalue weighted by molar-refractivity contribution is 6.00. The predicted octanol–water partition coefficient (Wildman–Crippen LogP) is 1.57. The quantitative estimate of drug-likeness (QED) is 0.846. The number of carbonyl (C=O) groups excluding carboxylic acids is 2.